The molecule has 0 atom stereocenters. The monoisotopic (exact) mass is 353 g/mol. The number of rotatable bonds is 4. The Labute approximate surface area is 155 Å². The summed E-state index contributed by atoms with van der Waals surface area (Å²) in [5, 5.41) is 0. The maximum absolute atomic E-state index is 12.9. The van der Waals surface area contributed by atoms with Crippen LogP contribution in [0.1, 0.15) is 28.7 Å². The van der Waals surface area contributed by atoms with Gasteiger partial charge in [-0.2, -0.15) is 0 Å². The SMILES string of the molecule is CCN(c1cccc(C)c1)c1nc(C)cc(C(=O)N2CCN(C)CC2)n1. The molecule has 1 aromatic heterocycles. The van der Waals surface area contributed by atoms with Crippen LogP contribution >= 0.6 is 0 Å². The minimum atomic E-state index is -0.00912. The largest absolute Gasteiger partial charge is 0.335 e. The smallest absolute Gasteiger partial charge is 0.272 e. The first-order valence-electron chi connectivity index (χ1n) is 9.15. The van der Waals surface area contributed by atoms with Crippen molar-refractivity contribution >= 4 is 17.5 Å². The number of aromatic nitrogens is 2. The standard InChI is InChI=1S/C20H27N5O/c1-5-25(17-8-6-7-15(2)13-17)20-21-16(3)14-18(22-20)19(26)24-11-9-23(4)10-12-24/h6-8,13-14H,5,9-12H2,1-4H3. The summed E-state index contributed by atoms with van der Waals surface area (Å²) in [7, 11) is 2.08. The molecule has 1 aliphatic rings. The highest BCUT2D eigenvalue weighted by Gasteiger charge is 2.23. The van der Waals surface area contributed by atoms with Crippen molar-refractivity contribution in [2.45, 2.75) is 20.8 Å². The fraction of sp³-hybridized carbons (Fsp3) is 0.450. The van der Waals surface area contributed by atoms with E-state index in [1.54, 1.807) is 6.07 Å². The van der Waals surface area contributed by atoms with Crippen LogP contribution < -0.4 is 4.90 Å². The Morgan fingerprint density at radius 1 is 1.12 bits per heavy atom. The van der Waals surface area contributed by atoms with Crippen LogP contribution in [-0.2, 0) is 0 Å². The van der Waals surface area contributed by atoms with E-state index in [1.165, 1.54) is 5.56 Å². The number of hydrogen-bond donors (Lipinski definition) is 0. The Bertz CT molecular complexity index is 784. The third-order valence-electron chi connectivity index (χ3n) is 4.72. The number of piperazine rings is 1. The van der Waals surface area contributed by atoms with Gasteiger partial charge in [-0.3, -0.25) is 4.79 Å². The average Bonchev–Trinajstić information content (AvgIpc) is 2.62. The third-order valence-corrected chi connectivity index (χ3v) is 4.72. The molecule has 1 saturated heterocycles. The first-order chi connectivity index (χ1) is 12.5. The molecule has 0 bridgehead atoms. The summed E-state index contributed by atoms with van der Waals surface area (Å²) < 4.78 is 0. The predicted octanol–water partition coefficient (Wildman–Crippen LogP) is 2.64. The molecule has 138 valence electrons. The number of amides is 1. The first kappa shape index (κ1) is 18.3. The predicted molar refractivity (Wildman–Crippen MR) is 104 cm³/mol. The molecule has 6 heteroatoms. The lowest BCUT2D eigenvalue weighted by atomic mass is 10.2. The van der Waals surface area contributed by atoms with E-state index in [4.69, 9.17) is 0 Å². The van der Waals surface area contributed by atoms with Crippen molar-refractivity contribution in [2.75, 3.05) is 44.7 Å². The highest BCUT2D eigenvalue weighted by atomic mass is 16.2. The van der Waals surface area contributed by atoms with Gasteiger partial charge in [0.05, 0.1) is 0 Å². The number of carbonyl (C=O) groups excluding carboxylic acids is 1. The molecule has 0 unspecified atom stereocenters. The van der Waals surface area contributed by atoms with Gasteiger partial charge in [0.25, 0.3) is 5.91 Å². The molecule has 0 aliphatic carbocycles. The Kier molecular flexibility index (Phi) is 5.52. The Morgan fingerprint density at radius 3 is 2.50 bits per heavy atom. The van der Waals surface area contributed by atoms with E-state index in [0.29, 0.717) is 11.6 Å². The van der Waals surface area contributed by atoms with Crippen LogP contribution in [0, 0.1) is 13.8 Å². The Hall–Kier alpha value is -2.47. The number of hydrogen-bond acceptors (Lipinski definition) is 5. The van der Waals surface area contributed by atoms with Crippen molar-refractivity contribution in [2.24, 2.45) is 0 Å². The van der Waals surface area contributed by atoms with E-state index < -0.39 is 0 Å². The van der Waals surface area contributed by atoms with Gasteiger partial charge >= 0.3 is 0 Å². The van der Waals surface area contributed by atoms with Crippen molar-refractivity contribution < 1.29 is 4.79 Å². The minimum Gasteiger partial charge on any atom is -0.335 e. The van der Waals surface area contributed by atoms with Crippen LogP contribution in [0.3, 0.4) is 0 Å². The number of aryl methyl sites for hydroxylation is 2. The van der Waals surface area contributed by atoms with Gasteiger partial charge in [-0.05, 0) is 51.6 Å². The molecular weight excluding hydrogens is 326 g/mol. The van der Waals surface area contributed by atoms with Gasteiger partial charge in [0.1, 0.15) is 5.69 Å². The zero-order valence-electron chi connectivity index (χ0n) is 16.1. The van der Waals surface area contributed by atoms with E-state index >= 15 is 0 Å². The number of anilines is 2. The summed E-state index contributed by atoms with van der Waals surface area (Å²) in [5.41, 5.74) is 3.50. The lowest BCUT2D eigenvalue weighted by molar-refractivity contribution is 0.0658. The summed E-state index contributed by atoms with van der Waals surface area (Å²) in [4.78, 5) is 28.3. The van der Waals surface area contributed by atoms with Crippen LogP contribution in [0.5, 0.6) is 0 Å². The fourth-order valence-corrected chi connectivity index (χ4v) is 3.19. The molecule has 1 amide bonds. The fourth-order valence-electron chi connectivity index (χ4n) is 3.19. The summed E-state index contributed by atoms with van der Waals surface area (Å²) in [5.74, 6) is 0.570. The number of carbonyl (C=O) groups is 1. The number of nitrogens with zero attached hydrogens (tertiary/aromatic N) is 5. The van der Waals surface area contributed by atoms with Gasteiger partial charge in [-0.1, -0.05) is 12.1 Å². The molecule has 0 N–H and O–H groups in total. The van der Waals surface area contributed by atoms with Crippen molar-refractivity contribution in [1.82, 2.24) is 19.8 Å². The lowest BCUT2D eigenvalue weighted by Gasteiger charge is -2.32. The number of benzene rings is 1. The second-order valence-electron chi connectivity index (χ2n) is 6.87. The van der Waals surface area contributed by atoms with E-state index in [2.05, 4.69) is 47.9 Å². The molecule has 3 rings (SSSR count). The van der Waals surface area contributed by atoms with Gasteiger partial charge in [-0.15, -0.1) is 0 Å². The van der Waals surface area contributed by atoms with Crippen LogP contribution in [-0.4, -0.2) is 65.4 Å². The highest BCUT2D eigenvalue weighted by Crippen LogP contribution is 2.23. The average molecular weight is 353 g/mol. The Balaban J connectivity index is 1.90. The summed E-state index contributed by atoms with van der Waals surface area (Å²) in [6.07, 6.45) is 0. The zero-order valence-corrected chi connectivity index (χ0v) is 16.1. The van der Waals surface area contributed by atoms with Gasteiger partial charge in [0.2, 0.25) is 5.95 Å². The lowest BCUT2D eigenvalue weighted by Crippen LogP contribution is -2.47. The first-order valence-corrected chi connectivity index (χ1v) is 9.15. The second-order valence-corrected chi connectivity index (χ2v) is 6.87. The zero-order chi connectivity index (χ0) is 18.7. The number of likely N-dealkylation sites (N-methyl/N-ethyl adjacent to an activating group) is 1. The molecule has 0 radical (unpaired) electrons. The van der Waals surface area contributed by atoms with Gasteiger partial charge in [-0.25, -0.2) is 9.97 Å². The molecule has 1 fully saturated rings. The van der Waals surface area contributed by atoms with E-state index in [0.717, 1.165) is 44.1 Å². The van der Waals surface area contributed by atoms with Crippen LogP contribution in [0.4, 0.5) is 11.6 Å². The van der Waals surface area contributed by atoms with Gasteiger partial charge < -0.3 is 14.7 Å². The summed E-state index contributed by atoms with van der Waals surface area (Å²) in [6, 6.07) is 10.0. The molecule has 0 saturated carbocycles. The van der Waals surface area contributed by atoms with E-state index in [1.807, 2.05) is 28.9 Å². The molecule has 26 heavy (non-hydrogen) atoms. The molecule has 6 nitrogen and oxygen atoms in total. The minimum absolute atomic E-state index is 0.00912. The van der Waals surface area contributed by atoms with Gasteiger partial charge in [0, 0.05) is 44.1 Å². The van der Waals surface area contributed by atoms with Crippen LogP contribution in [0.25, 0.3) is 0 Å². The van der Waals surface area contributed by atoms with Crippen molar-refractivity contribution in [3.63, 3.8) is 0 Å². The van der Waals surface area contributed by atoms with Crippen LogP contribution in [0.2, 0.25) is 0 Å². The molecule has 2 heterocycles. The third kappa shape index (κ3) is 4.02. The van der Waals surface area contributed by atoms with Crippen molar-refractivity contribution in [3.05, 3.63) is 47.3 Å². The maximum Gasteiger partial charge on any atom is 0.272 e. The quantitative estimate of drug-likeness (QED) is 0.846. The topological polar surface area (TPSA) is 52.6 Å². The highest BCUT2D eigenvalue weighted by molar-refractivity contribution is 5.92. The van der Waals surface area contributed by atoms with E-state index in [-0.39, 0.29) is 5.91 Å². The van der Waals surface area contributed by atoms with E-state index in [9.17, 15) is 4.79 Å². The molecule has 1 aliphatic heterocycles. The summed E-state index contributed by atoms with van der Waals surface area (Å²) >= 11 is 0. The normalized spacial score (nSPS) is 15.2. The molecule has 2 aromatic rings. The Morgan fingerprint density at radius 2 is 1.85 bits per heavy atom. The summed E-state index contributed by atoms with van der Waals surface area (Å²) in [6.45, 7) is 10.0. The molecule has 0 spiro atoms. The van der Waals surface area contributed by atoms with Gasteiger partial charge in [0.15, 0.2) is 0 Å². The van der Waals surface area contributed by atoms with Crippen LogP contribution in [0.15, 0.2) is 30.3 Å². The molecular formula is C20H27N5O. The van der Waals surface area contributed by atoms with Crippen molar-refractivity contribution in [1.29, 1.82) is 0 Å². The van der Waals surface area contributed by atoms with Crippen molar-refractivity contribution in [3.8, 4) is 0 Å². The molecule has 1 aromatic carbocycles. The second kappa shape index (κ2) is 7.83. The maximum atomic E-state index is 12.9.